The highest BCUT2D eigenvalue weighted by Gasteiger charge is 2.15. The van der Waals surface area contributed by atoms with Gasteiger partial charge in [-0.1, -0.05) is 30.3 Å². The van der Waals surface area contributed by atoms with E-state index in [9.17, 15) is 5.11 Å². The molecule has 1 fully saturated rings. The van der Waals surface area contributed by atoms with Gasteiger partial charge in [0, 0.05) is 32.7 Å². The summed E-state index contributed by atoms with van der Waals surface area (Å²) in [6.45, 7) is 4.38. The van der Waals surface area contributed by atoms with Gasteiger partial charge in [0.15, 0.2) is 0 Å². The van der Waals surface area contributed by atoms with Gasteiger partial charge >= 0.3 is 0 Å². The lowest BCUT2D eigenvalue weighted by Gasteiger charge is -2.21. The molecular formula is C12H18N2O. The van der Waals surface area contributed by atoms with Crippen molar-refractivity contribution in [3.05, 3.63) is 35.9 Å². The van der Waals surface area contributed by atoms with Crippen LogP contribution in [0, 0.1) is 0 Å². The molecule has 1 aromatic carbocycles. The molecular weight excluding hydrogens is 188 g/mol. The fraction of sp³-hybridized carbons (Fsp3) is 0.500. The molecule has 0 spiro atoms. The molecule has 1 saturated heterocycles. The Morgan fingerprint density at radius 1 is 1.33 bits per heavy atom. The normalized spacial score (nSPS) is 23.7. The van der Waals surface area contributed by atoms with Gasteiger partial charge in [0.25, 0.3) is 0 Å². The maximum absolute atomic E-state index is 9.63. The molecule has 1 aromatic rings. The molecule has 0 radical (unpaired) electrons. The lowest BCUT2D eigenvalue weighted by atomic mass is 10.2. The molecule has 1 aliphatic rings. The fourth-order valence-corrected chi connectivity index (χ4v) is 1.94. The van der Waals surface area contributed by atoms with Crippen LogP contribution in [-0.4, -0.2) is 42.3 Å². The number of hydrogen-bond acceptors (Lipinski definition) is 3. The Morgan fingerprint density at radius 2 is 2.13 bits per heavy atom. The van der Waals surface area contributed by atoms with Crippen LogP contribution >= 0.6 is 0 Å². The highest BCUT2D eigenvalue weighted by molar-refractivity contribution is 5.14. The van der Waals surface area contributed by atoms with Gasteiger partial charge in [-0.25, -0.2) is 0 Å². The van der Waals surface area contributed by atoms with Crippen LogP contribution in [0.15, 0.2) is 30.3 Å². The van der Waals surface area contributed by atoms with Crippen molar-refractivity contribution in [1.29, 1.82) is 0 Å². The van der Waals surface area contributed by atoms with E-state index in [0.717, 1.165) is 26.2 Å². The summed E-state index contributed by atoms with van der Waals surface area (Å²) in [7, 11) is 0. The zero-order valence-corrected chi connectivity index (χ0v) is 8.89. The molecule has 3 nitrogen and oxygen atoms in total. The Labute approximate surface area is 90.7 Å². The smallest absolute Gasteiger partial charge is 0.0791 e. The van der Waals surface area contributed by atoms with Crippen LogP contribution in [0.3, 0.4) is 0 Å². The van der Waals surface area contributed by atoms with Crippen molar-refractivity contribution in [2.45, 2.75) is 12.6 Å². The molecule has 0 bridgehead atoms. The molecule has 1 atom stereocenters. The molecule has 0 aliphatic carbocycles. The van der Waals surface area contributed by atoms with Crippen LogP contribution in [0.5, 0.6) is 0 Å². The van der Waals surface area contributed by atoms with Crippen LogP contribution in [0.4, 0.5) is 0 Å². The maximum atomic E-state index is 9.63. The van der Waals surface area contributed by atoms with Crippen molar-refractivity contribution < 1.29 is 5.11 Å². The molecule has 3 heteroatoms. The first-order valence-corrected chi connectivity index (χ1v) is 5.49. The molecule has 0 aromatic heterocycles. The quantitative estimate of drug-likeness (QED) is 0.737. The molecule has 0 saturated carbocycles. The SMILES string of the molecule is O[C@@H]1CNCCN(Cc2ccccc2)C1. The number of β-amino-alcohol motifs (C(OH)–C–C–N with tert-alkyl or cyclic N) is 1. The second kappa shape index (κ2) is 5.26. The predicted molar refractivity (Wildman–Crippen MR) is 60.6 cm³/mol. The van der Waals surface area contributed by atoms with Crippen molar-refractivity contribution in [2.75, 3.05) is 26.2 Å². The average molecular weight is 206 g/mol. The minimum atomic E-state index is -0.240. The number of nitrogens with one attached hydrogen (secondary N) is 1. The number of aliphatic hydroxyl groups excluding tert-OH is 1. The summed E-state index contributed by atoms with van der Waals surface area (Å²) in [5.74, 6) is 0. The van der Waals surface area contributed by atoms with E-state index in [1.165, 1.54) is 5.56 Å². The molecule has 0 amide bonds. The third kappa shape index (κ3) is 3.30. The van der Waals surface area contributed by atoms with E-state index < -0.39 is 0 Å². The van der Waals surface area contributed by atoms with Crippen molar-refractivity contribution in [3.8, 4) is 0 Å². The highest BCUT2D eigenvalue weighted by atomic mass is 16.3. The summed E-state index contributed by atoms with van der Waals surface area (Å²) in [4.78, 5) is 2.29. The van der Waals surface area contributed by atoms with Gasteiger partial charge in [0.2, 0.25) is 0 Å². The van der Waals surface area contributed by atoms with Gasteiger partial charge in [0.1, 0.15) is 0 Å². The average Bonchev–Trinajstić information content (AvgIpc) is 2.44. The minimum absolute atomic E-state index is 0.240. The van der Waals surface area contributed by atoms with Crippen molar-refractivity contribution in [2.24, 2.45) is 0 Å². The Morgan fingerprint density at radius 3 is 2.93 bits per heavy atom. The molecule has 2 rings (SSSR count). The van der Waals surface area contributed by atoms with Gasteiger partial charge in [-0.3, -0.25) is 4.90 Å². The predicted octanol–water partition coefficient (Wildman–Crippen LogP) is 0.453. The number of nitrogens with zero attached hydrogens (tertiary/aromatic N) is 1. The number of aliphatic hydroxyl groups is 1. The second-order valence-electron chi connectivity index (χ2n) is 4.08. The Kier molecular flexibility index (Phi) is 3.72. The first-order valence-electron chi connectivity index (χ1n) is 5.49. The van der Waals surface area contributed by atoms with Crippen molar-refractivity contribution in [3.63, 3.8) is 0 Å². The van der Waals surface area contributed by atoms with E-state index in [-0.39, 0.29) is 6.10 Å². The third-order valence-corrected chi connectivity index (χ3v) is 2.70. The summed E-state index contributed by atoms with van der Waals surface area (Å²) in [5.41, 5.74) is 1.31. The largest absolute Gasteiger partial charge is 0.390 e. The monoisotopic (exact) mass is 206 g/mol. The standard InChI is InChI=1S/C12H18N2O/c15-12-8-13-6-7-14(10-12)9-11-4-2-1-3-5-11/h1-5,12-13,15H,6-10H2/t12-/m1/s1. The van der Waals surface area contributed by atoms with Crippen LogP contribution in [-0.2, 0) is 6.54 Å². The zero-order chi connectivity index (χ0) is 10.5. The van der Waals surface area contributed by atoms with Crippen molar-refractivity contribution in [1.82, 2.24) is 10.2 Å². The Hall–Kier alpha value is -0.900. The van der Waals surface area contributed by atoms with E-state index >= 15 is 0 Å². The van der Waals surface area contributed by atoms with E-state index in [2.05, 4.69) is 34.5 Å². The zero-order valence-electron chi connectivity index (χ0n) is 8.89. The summed E-state index contributed by atoms with van der Waals surface area (Å²) < 4.78 is 0. The lowest BCUT2D eigenvalue weighted by molar-refractivity contribution is 0.127. The maximum Gasteiger partial charge on any atom is 0.0791 e. The highest BCUT2D eigenvalue weighted by Crippen LogP contribution is 2.05. The number of hydrogen-bond donors (Lipinski definition) is 2. The minimum Gasteiger partial charge on any atom is -0.390 e. The summed E-state index contributed by atoms with van der Waals surface area (Å²) >= 11 is 0. The van der Waals surface area contributed by atoms with Crippen LogP contribution in [0.25, 0.3) is 0 Å². The number of benzene rings is 1. The number of rotatable bonds is 2. The first kappa shape index (κ1) is 10.6. The Bertz CT molecular complexity index is 289. The first-order chi connectivity index (χ1) is 7.34. The molecule has 15 heavy (non-hydrogen) atoms. The Balaban J connectivity index is 1.93. The molecule has 1 heterocycles. The van der Waals surface area contributed by atoms with Gasteiger partial charge < -0.3 is 10.4 Å². The van der Waals surface area contributed by atoms with E-state index in [0.29, 0.717) is 6.54 Å². The summed E-state index contributed by atoms with van der Waals surface area (Å²) in [6, 6.07) is 10.4. The van der Waals surface area contributed by atoms with E-state index in [1.54, 1.807) is 0 Å². The van der Waals surface area contributed by atoms with Gasteiger partial charge in [-0.2, -0.15) is 0 Å². The van der Waals surface area contributed by atoms with Gasteiger partial charge in [-0.05, 0) is 5.56 Å². The molecule has 2 N–H and O–H groups in total. The fourth-order valence-electron chi connectivity index (χ4n) is 1.94. The lowest BCUT2D eigenvalue weighted by Crippen LogP contribution is -2.32. The summed E-state index contributed by atoms with van der Waals surface area (Å²) in [5, 5.41) is 12.9. The molecule has 1 aliphatic heterocycles. The van der Waals surface area contributed by atoms with Crippen LogP contribution in [0.1, 0.15) is 5.56 Å². The van der Waals surface area contributed by atoms with Crippen LogP contribution in [0.2, 0.25) is 0 Å². The summed E-state index contributed by atoms with van der Waals surface area (Å²) in [6.07, 6.45) is -0.240. The molecule has 82 valence electrons. The van der Waals surface area contributed by atoms with E-state index in [4.69, 9.17) is 0 Å². The topological polar surface area (TPSA) is 35.5 Å². The van der Waals surface area contributed by atoms with Gasteiger partial charge in [-0.15, -0.1) is 0 Å². The molecule has 0 unspecified atom stereocenters. The van der Waals surface area contributed by atoms with Crippen LogP contribution < -0.4 is 5.32 Å². The van der Waals surface area contributed by atoms with Gasteiger partial charge in [0.05, 0.1) is 6.10 Å². The third-order valence-electron chi connectivity index (χ3n) is 2.70. The van der Waals surface area contributed by atoms with E-state index in [1.807, 2.05) is 6.07 Å². The second-order valence-corrected chi connectivity index (χ2v) is 4.08. The van der Waals surface area contributed by atoms with Crippen molar-refractivity contribution >= 4 is 0 Å².